The van der Waals surface area contributed by atoms with E-state index in [1.165, 1.54) is 17.3 Å². The fourth-order valence-corrected chi connectivity index (χ4v) is 4.09. The topological polar surface area (TPSA) is 84.1 Å². The molecule has 1 saturated heterocycles. The molecule has 4 rings (SSSR count). The van der Waals surface area contributed by atoms with E-state index >= 15 is 0 Å². The highest BCUT2D eigenvalue weighted by molar-refractivity contribution is 7.00. The van der Waals surface area contributed by atoms with Crippen LogP contribution in [0.2, 0.25) is 0 Å². The Balaban J connectivity index is 1.47. The van der Waals surface area contributed by atoms with Gasteiger partial charge in [-0.3, -0.25) is 14.4 Å². The molecule has 1 aliphatic heterocycles. The van der Waals surface area contributed by atoms with Crippen molar-refractivity contribution in [2.24, 2.45) is 0 Å². The van der Waals surface area contributed by atoms with Crippen LogP contribution in [0.25, 0.3) is 11.0 Å². The van der Waals surface area contributed by atoms with Crippen LogP contribution in [0.5, 0.6) is 0 Å². The molecule has 1 aromatic carbocycles. The summed E-state index contributed by atoms with van der Waals surface area (Å²) in [6, 6.07) is 8.20. The van der Waals surface area contributed by atoms with Crippen molar-refractivity contribution in [3.63, 3.8) is 0 Å². The molecule has 0 radical (unpaired) electrons. The Labute approximate surface area is 149 Å². The summed E-state index contributed by atoms with van der Waals surface area (Å²) in [5.74, 6) is -0.539. The van der Waals surface area contributed by atoms with E-state index in [1.54, 1.807) is 10.9 Å². The molecule has 8 heteroatoms. The maximum absolute atomic E-state index is 11.0. The Morgan fingerprint density at radius 1 is 1.28 bits per heavy atom. The van der Waals surface area contributed by atoms with Gasteiger partial charge in [0.15, 0.2) is 0 Å². The number of likely N-dealkylation sites (tertiary alicyclic amines) is 1. The lowest BCUT2D eigenvalue weighted by molar-refractivity contribution is -0.137. The van der Waals surface area contributed by atoms with Gasteiger partial charge in [0, 0.05) is 30.9 Å². The van der Waals surface area contributed by atoms with Crippen molar-refractivity contribution < 1.29 is 9.90 Å². The number of nitrogens with zero attached hydrogens (tertiary/aromatic N) is 5. The van der Waals surface area contributed by atoms with Crippen LogP contribution in [-0.4, -0.2) is 47.6 Å². The minimum Gasteiger partial charge on any atom is -0.480 e. The van der Waals surface area contributed by atoms with Gasteiger partial charge in [-0.25, -0.2) is 0 Å². The minimum atomic E-state index is -0.859. The number of piperidine rings is 1. The third-order valence-electron chi connectivity index (χ3n) is 4.68. The van der Waals surface area contributed by atoms with E-state index in [4.69, 9.17) is 5.11 Å². The van der Waals surface area contributed by atoms with E-state index in [9.17, 15) is 4.79 Å². The van der Waals surface area contributed by atoms with Gasteiger partial charge in [-0.05, 0) is 43.1 Å². The molecule has 0 saturated carbocycles. The summed E-state index contributed by atoms with van der Waals surface area (Å²) in [5.41, 5.74) is 4.16. The Bertz CT molecular complexity index is 890. The second kappa shape index (κ2) is 6.89. The van der Waals surface area contributed by atoms with Crippen molar-refractivity contribution >= 4 is 28.7 Å². The third-order valence-corrected chi connectivity index (χ3v) is 5.24. The van der Waals surface area contributed by atoms with Crippen LogP contribution in [-0.2, 0) is 17.9 Å². The molecule has 1 aliphatic rings. The number of hydrogen-bond acceptors (Lipinski definition) is 6. The zero-order chi connectivity index (χ0) is 17.2. The molecule has 1 atom stereocenters. The first-order valence-electron chi connectivity index (χ1n) is 8.36. The molecule has 25 heavy (non-hydrogen) atoms. The van der Waals surface area contributed by atoms with Gasteiger partial charge in [-0.1, -0.05) is 6.07 Å². The summed E-state index contributed by atoms with van der Waals surface area (Å²) in [4.78, 5) is 13.4. The van der Waals surface area contributed by atoms with Gasteiger partial charge in [0.1, 0.15) is 17.6 Å². The fraction of sp³-hybridized carbons (Fsp3) is 0.412. The predicted octanol–water partition coefficient (Wildman–Crippen LogP) is 2.35. The van der Waals surface area contributed by atoms with Crippen molar-refractivity contribution in [2.45, 2.75) is 31.8 Å². The Hall–Kier alpha value is -2.32. The first-order chi connectivity index (χ1) is 12.2. The Morgan fingerprint density at radius 3 is 3.04 bits per heavy atom. The quantitative estimate of drug-likeness (QED) is 0.755. The van der Waals surface area contributed by atoms with Gasteiger partial charge in [-0.15, -0.1) is 0 Å². The van der Waals surface area contributed by atoms with E-state index in [0.29, 0.717) is 5.92 Å². The molecule has 3 aromatic rings. The lowest BCUT2D eigenvalue weighted by Crippen LogP contribution is -2.35. The number of carboxylic acids is 1. The lowest BCUT2D eigenvalue weighted by Gasteiger charge is -2.33. The van der Waals surface area contributed by atoms with Crippen LogP contribution in [0.4, 0.5) is 0 Å². The van der Waals surface area contributed by atoms with Crippen LogP contribution >= 0.6 is 11.7 Å². The standard InChI is InChI=1S/C17H19N5O2S/c23-17(24)11-22-16(5-6-18-22)13-2-1-7-21(10-13)9-12-3-4-14-15(8-12)20-25-19-14/h3-6,8,13H,1-2,7,9-11H2,(H,23,24). The monoisotopic (exact) mass is 357 g/mol. The zero-order valence-electron chi connectivity index (χ0n) is 13.7. The molecule has 0 aliphatic carbocycles. The predicted molar refractivity (Wildman–Crippen MR) is 94.5 cm³/mol. The summed E-state index contributed by atoms with van der Waals surface area (Å²) in [7, 11) is 0. The zero-order valence-corrected chi connectivity index (χ0v) is 14.5. The first kappa shape index (κ1) is 16.2. The SMILES string of the molecule is O=C(O)Cn1nccc1C1CCCN(Cc2ccc3nsnc3c2)C1. The second-order valence-corrected chi connectivity index (χ2v) is 7.00. The van der Waals surface area contributed by atoms with E-state index < -0.39 is 5.97 Å². The molecule has 1 fully saturated rings. The molecule has 1 unspecified atom stereocenters. The molecule has 0 spiro atoms. The van der Waals surface area contributed by atoms with Crippen LogP contribution in [0.3, 0.4) is 0 Å². The molecule has 130 valence electrons. The molecule has 2 aromatic heterocycles. The molecule has 0 bridgehead atoms. The van der Waals surface area contributed by atoms with Gasteiger partial charge in [0.05, 0.1) is 11.7 Å². The van der Waals surface area contributed by atoms with Crippen LogP contribution in [0.1, 0.15) is 30.0 Å². The number of aliphatic carboxylic acids is 1. The second-order valence-electron chi connectivity index (χ2n) is 6.47. The van der Waals surface area contributed by atoms with E-state index in [0.717, 1.165) is 49.2 Å². The number of carboxylic acid groups (broad SMARTS) is 1. The average Bonchev–Trinajstić information content (AvgIpc) is 3.23. The maximum atomic E-state index is 11.0. The van der Waals surface area contributed by atoms with E-state index in [1.807, 2.05) is 12.1 Å². The van der Waals surface area contributed by atoms with Crippen molar-refractivity contribution in [1.82, 2.24) is 23.4 Å². The van der Waals surface area contributed by atoms with Crippen molar-refractivity contribution in [2.75, 3.05) is 13.1 Å². The normalized spacial score (nSPS) is 18.6. The van der Waals surface area contributed by atoms with Crippen molar-refractivity contribution in [3.05, 3.63) is 41.7 Å². The third kappa shape index (κ3) is 3.54. The fourth-order valence-electron chi connectivity index (χ4n) is 3.57. The van der Waals surface area contributed by atoms with Crippen molar-refractivity contribution in [3.8, 4) is 0 Å². The highest BCUT2D eigenvalue weighted by Crippen LogP contribution is 2.28. The summed E-state index contributed by atoms with van der Waals surface area (Å²) < 4.78 is 10.2. The highest BCUT2D eigenvalue weighted by Gasteiger charge is 2.24. The molecule has 1 N–H and O–H groups in total. The smallest absolute Gasteiger partial charge is 0.325 e. The largest absolute Gasteiger partial charge is 0.480 e. The molecule has 3 heterocycles. The highest BCUT2D eigenvalue weighted by atomic mass is 32.1. The molecular formula is C17H19N5O2S. The average molecular weight is 357 g/mol. The van der Waals surface area contributed by atoms with E-state index in [-0.39, 0.29) is 6.54 Å². The number of aromatic nitrogens is 4. The number of carbonyl (C=O) groups is 1. The maximum Gasteiger partial charge on any atom is 0.325 e. The number of fused-ring (bicyclic) bond motifs is 1. The van der Waals surface area contributed by atoms with Gasteiger partial charge < -0.3 is 5.11 Å². The van der Waals surface area contributed by atoms with Gasteiger partial charge in [0.25, 0.3) is 0 Å². The van der Waals surface area contributed by atoms with Gasteiger partial charge in [-0.2, -0.15) is 13.8 Å². The molecular weight excluding hydrogens is 338 g/mol. The Morgan fingerprint density at radius 2 is 2.16 bits per heavy atom. The molecule has 7 nitrogen and oxygen atoms in total. The number of hydrogen-bond donors (Lipinski definition) is 1. The number of rotatable bonds is 5. The van der Waals surface area contributed by atoms with Gasteiger partial charge >= 0.3 is 5.97 Å². The summed E-state index contributed by atoms with van der Waals surface area (Å²) >= 11 is 1.24. The summed E-state index contributed by atoms with van der Waals surface area (Å²) in [6.45, 7) is 2.76. The summed E-state index contributed by atoms with van der Waals surface area (Å²) in [6.07, 6.45) is 3.86. The lowest BCUT2D eigenvalue weighted by atomic mass is 9.94. The van der Waals surface area contributed by atoms with Gasteiger partial charge in [0.2, 0.25) is 0 Å². The van der Waals surface area contributed by atoms with Crippen molar-refractivity contribution in [1.29, 1.82) is 0 Å². The van der Waals surface area contributed by atoms with Crippen LogP contribution in [0, 0.1) is 0 Å². The Kier molecular flexibility index (Phi) is 4.46. The summed E-state index contributed by atoms with van der Waals surface area (Å²) in [5, 5.41) is 13.2. The number of benzene rings is 1. The van der Waals surface area contributed by atoms with Crippen LogP contribution in [0.15, 0.2) is 30.5 Å². The van der Waals surface area contributed by atoms with Crippen LogP contribution < -0.4 is 0 Å². The van der Waals surface area contributed by atoms with E-state index in [2.05, 4.69) is 30.9 Å². The molecule has 0 amide bonds. The first-order valence-corrected chi connectivity index (χ1v) is 9.09. The minimum absolute atomic E-state index is 0.0771.